The van der Waals surface area contributed by atoms with Gasteiger partial charge in [0, 0.05) is 12.1 Å². The number of benzene rings is 1. The van der Waals surface area contributed by atoms with Gasteiger partial charge < -0.3 is 9.47 Å². The number of ether oxygens (including phenoxy) is 2. The Morgan fingerprint density at radius 2 is 1.89 bits per heavy atom. The zero-order valence-electron chi connectivity index (χ0n) is 10.5. The number of hydrogen-bond donors (Lipinski definition) is 0. The SMILES string of the molecule is COCc1cc(Cl)nc(-c2ccc(Cl)cc2OC)n1. The van der Waals surface area contributed by atoms with Crippen LogP contribution in [0.25, 0.3) is 11.4 Å². The summed E-state index contributed by atoms with van der Waals surface area (Å²) in [6.45, 7) is 0.366. The maximum atomic E-state index is 5.99. The van der Waals surface area contributed by atoms with Crippen molar-refractivity contribution in [2.24, 2.45) is 0 Å². The van der Waals surface area contributed by atoms with Crippen LogP contribution in [0.1, 0.15) is 5.69 Å². The summed E-state index contributed by atoms with van der Waals surface area (Å²) < 4.78 is 10.3. The van der Waals surface area contributed by atoms with Gasteiger partial charge in [-0.3, -0.25) is 0 Å². The molecular weight excluding hydrogens is 287 g/mol. The number of nitrogens with zero attached hydrogens (tertiary/aromatic N) is 2. The molecule has 2 rings (SSSR count). The van der Waals surface area contributed by atoms with Crippen molar-refractivity contribution in [1.82, 2.24) is 9.97 Å². The Balaban J connectivity index is 2.51. The Hall–Kier alpha value is -1.36. The molecule has 0 aliphatic rings. The molecule has 0 atom stereocenters. The second kappa shape index (κ2) is 6.19. The molecule has 100 valence electrons. The van der Waals surface area contributed by atoms with Crippen LogP contribution in [0.15, 0.2) is 24.3 Å². The lowest BCUT2D eigenvalue weighted by Gasteiger charge is -2.09. The van der Waals surface area contributed by atoms with E-state index in [4.69, 9.17) is 32.7 Å². The van der Waals surface area contributed by atoms with Crippen LogP contribution in [0.5, 0.6) is 5.75 Å². The average Bonchev–Trinajstić information content (AvgIpc) is 2.38. The second-order valence-corrected chi connectivity index (χ2v) is 4.61. The Labute approximate surface area is 121 Å². The van der Waals surface area contributed by atoms with Crippen LogP contribution in [0, 0.1) is 0 Å². The van der Waals surface area contributed by atoms with Crippen molar-refractivity contribution in [1.29, 1.82) is 0 Å². The summed E-state index contributed by atoms with van der Waals surface area (Å²) >= 11 is 11.9. The first-order valence-corrected chi connectivity index (χ1v) is 6.26. The molecule has 2 aromatic rings. The Bertz CT molecular complexity index is 591. The summed E-state index contributed by atoms with van der Waals surface area (Å²) in [6.07, 6.45) is 0. The Morgan fingerprint density at radius 3 is 2.58 bits per heavy atom. The van der Waals surface area contributed by atoms with Crippen LogP contribution in [0.3, 0.4) is 0 Å². The largest absolute Gasteiger partial charge is 0.496 e. The van der Waals surface area contributed by atoms with Crippen molar-refractivity contribution >= 4 is 23.2 Å². The van der Waals surface area contributed by atoms with E-state index in [9.17, 15) is 0 Å². The average molecular weight is 299 g/mol. The van der Waals surface area contributed by atoms with Crippen molar-refractivity contribution in [3.05, 3.63) is 40.1 Å². The van der Waals surface area contributed by atoms with Crippen molar-refractivity contribution in [3.8, 4) is 17.1 Å². The number of aromatic nitrogens is 2. The van der Waals surface area contributed by atoms with E-state index < -0.39 is 0 Å². The quantitative estimate of drug-likeness (QED) is 0.809. The lowest BCUT2D eigenvalue weighted by molar-refractivity contribution is 0.181. The predicted octanol–water partition coefficient (Wildman–Crippen LogP) is 3.61. The molecule has 1 heterocycles. The molecule has 6 heteroatoms. The van der Waals surface area contributed by atoms with E-state index in [1.807, 2.05) is 0 Å². The normalized spacial score (nSPS) is 10.5. The summed E-state index contributed by atoms with van der Waals surface area (Å²) in [7, 11) is 3.16. The minimum atomic E-state index is 0.356. The smallest absolute Gasteiger partial charge is 0.164 e. The van der Waals surface area contributed by atoms with E-state index in [1.54, 1.807) is 38.5 Å². The first kappa shape index (κ1) is 14.1. The third kappa shape index (κ3) is 3.35. The Morgan fingerprint density at radius 1 is 1.11 bits per heavy atom. The standard InChI is InChI=1S/C13H12Cl2N2O2/c1-18-7-9-6-12(15)17-13(16-9)10-4-3-8(14)5-11(10)19-2/h3-6H,7H2,1-2H3. The molecule has 0 spiro atoms. The van der Waals surface area contributed by atoms with Gasteiger partial charge in [0.25, 0.3) is 0 Å². The summed E-state index contributed by atoms with van der Waals surface area (Å²) in [6, 6.07) is 6.91. The molecule has 0 saturated carbocycles. The summed E-state index contributed by atoms with van der Waals surface area (Å²) in [5, 5.41) is 0.939. The van der Waals surface area contributed by atoms with Crippen molar-refractivity contribution in [3.63, 3.8) is 0 Å². The molecule has 0 radical (unpaired) electrons. The molecule has 0 unspecified atom stereocenters. The van der Waals surface area contributed by atoms with Crippen LogP contribution < -0.4 is 4.74 Å². The third-order valence-corrected chi connectivity index (χ3v) is 2.87. The van der Waals surface area contributed by atoms with E-state index >= 15 is 0 Å². The van der Waals surface area contributed by atoms with E-state index in [0.717, 1.165) is 5.56 Å². The zero-order valence-corrected chi connectivity index (χ0v) is 12.0. The molecule has 0 aliphatic carbocycles. The first-order chi connectivity index (χ1) is 9.13. The van der Waals surface area contributed by atoms with Crippen LogP contribution >= 0.6 is 23.2 Å². The van der Waals surface area contributed by atoms with Gasteiger partial charge >= 0.3 is 0 Å². The summed E-state index contributed by atoms with van der Waals surface area (Å²) in [5.74, 6) is 1.08. The highest BCUT2D eigenvalue weighted by molar-refractivity contribution is 6.31. The minimum absolute atomic E-state index is 0.356. The van der Waals surface area contributed by atoms with E-state index in [1.165, 1.54) is 0 Å². The molecule has 0 N–H and O–H groups in total. The van der Waals surface area contributed by atoms with Gasteiger partial charge in [0.2, 0.25) is 0 Å². The van der Waals surface area contributed by atoms with Crippen LogP contribution in [-0.4, -0.2) is 24.2 Å². The molecule has 19 heavy (non-hydrogen) atoms. The van der Waals surface area contributed by atoms with Gasteiger partial charge in [-0.2, -0.15) is 0 Å². The fourth-order valence-electron chi connectivity index (χ4n) is 1.66. The Kier molecular flexibility index (Phi) is 4.58. The van der Waals surface area contributed by atoms with Crippen LogP contribution in [0.4, 0.5) is 0 Å². The fraction of sp³-hybridized carbons (Fsp3) is 0.231. The number of halogens is 2. The predicted molar refractivity (Wildman–Crippen MR) is 74.8 cm³/mol. The van der Waals surface area contributed by atoms with E-state index in [2.05, 4.69) is 9.97 Å². The van der Waals surface area contributed by atoms with Crippen LogP contribution in [0.2, 0.25) is 10.2 Å². The highest BCUT2D eigenvalue weighted by Crippen LogP contribution is 2.31. The first-order valence-electron chi connectivity index (χ1n) is 5.50. The van der Waals surface area contributed by atoms with Gasteiger partial charge in [0.15, 0.2) is 5.82 Å². The molecule has 1 aromatic heterocycles. The van der Waals surface area contributed by atoms with E-state index in [0.29, 0.717) is 34.1 Å². The molecule has 0 bridgehead atoms. The highest BCUT2D eigenvalue weighted by Gasteiger charge is 2.11. The third-order valence-electron chi connectivity index (χ3n) is 2.44. The maximum Gasteiger partial charge on any atom is 0.164 e. The molecule has 4 nitrogen and oxygen atoms in total. The lowest BCUT2D eigenvalue weighted by atomic mass is 10.2. The number of hydrogen-bond acceptors (Lipinski definition) is 4. The molecule has 0 saturated heterocycles. The van der Waals surface area contributed by atoms with Crippen molar-refractivity contribution in [2.45, 2.75) is 6.61 Å². The highest BCUT2D eigenvalue weighted by atomic mass is 35.5. The molecule has 0 amide bonds. The molecular formula is C13H12Cl2N2O2. The van der Waals surface area contributed by atoms with Crippen molar-refractivity contribution in [2.75, 3.05) is 14.2 Å². The molecule has 1 aromatic carbocycles. The van der Waals surface area contributed by atoms with E-state index in [-0.39, 0.29) is 0 Å². The second-order valence-electron chi connectivity index (χ2n) is 3.78. The topological polar surface area (TPSA) is 44.2 Å². The van der Waals surface area contributed by atoms with Gasteiger partial charge in [-0.05, 0) is 24.3 Å². The maximum absolute atomic E-state index is 5.99. The van der Waals surface area contributed by atoms with Crippen LogP contribution in [-0.2, 0) is 11.3 Å². The summed E-state index contributed by atoms with van der Waals surface area (Å²) in [5.41, 5.74) is 1.43. The number of methoxy groups -OCH3 is 2. The monoisotopic (exact) mass is 298 g/mol. The van der Waals surface area contributed by atoms with Gasteiger partial charge in [0.05, 0.1) is 25.0 Å². The molecule has 0 fully saturated rings. The van der Waals surface area contributed by atoms with Gasteiger partial charge in [0.1, 0.15) is 10.9 Å². The van der Waals surface area contributed by atoms with Gasteiger partial charge in [-0.25, -0.2) is 9.97 Å². The molecule has 0 aliphatic heterocycles. The number of rotatable bonds is 4. The fourth-order valence-corrected chi connectivity index (χ4v) is 2.02. The van der Waals surface area contributed by atoms with Gasteiger partial charge in [-0.15, -0.1) is 0 Å². The van der Waals surface area contributed by atoms with Gasteiger partial charge in [-0.1, -0.05) is 23.2 Å². The minimum Gasteiger partial charge on any atom is -0.496 e. The zero-order chi connectivity index (χ0) is 13.8. The van der Waals surface area contributed by atoms with Crippen molar-refractivity contribution < 1.29 is 9.47 Å². The summed E-state index contributed by atoms with van der Waals surface area (Å²) in [4.78, 5) is 8.59. The lowest BCUT2D eigenvalue weighted by Crippen LogP contribution is -1.99.